The molecule has 5 nitrogen and oxygen atoms in total. The van der Waals surface area contributed by atoms with E-state index in [1.165, 1.54) is 93.4 Å². The van der Waals surface area contributed by atoms with Gasteiger partial charge in [0.2, 0.25) is 0 Å². The van der Waals surface area contributed by atoms with Gasteiger partial charge in [0.05, 0.1) is 33.4 Å². The summed E-state index contributed by atoms with van der Waals surface area (Å²) in [6.07, 6.45) is 0. The van der Waals surface area contributed by atoms with Crippen LogP contribution in [0, 0.1) is 0 Å². The van der Waals surface area contributed by atoms with Crippen LogP contribution in [0.1, 0.15) is 0 Å². The standard InChI is InChI=1S/C114H73B2N5/c1-9-32-74(33-10-1)82-58-60-106(98(68-82)80-44-21-7-22-45-80)117(88-64-84(76-36-13-3-14-37-76)62-85(65-88)77-38-15-4-16-39-77)90-70-100-96-50-29-51-97-101-71-91(118(89-66-86(78-40-17-5-18-41-78)63-87(67-89)79-42-19-6-20-43-79)107-61-59-83(75-34-11-2-12-35-75)69-99(107)81-46-23-8-24-47-81)73-109-111(101)116(103-55-31-53-95-93-49-26-28-57-105(93)120(109)114(95)103)121(112(96)97)115-102-54-30-52-94-92-48-25-27-56-104(92)119(113(94)102)108(72-90)110(100)115/h1-73H. The molecule has 0 unspecified atom stereocenters. The van der Waals surface area contributed by atoms with Gasteiger partial charge in [0, 0.05) is 83.6 Å². The summed E-state index contributed by atoms with van der Waals surface area (Å²) in [5.74, 6) is 0. The third-order valence-corrected chi connectivity index (χ3v) is 25.9. The molecule has 0 amide bonds. The maximum atomic E-state index is 2.92. The molecule has 0 saturated heterocycles. The third-order valence-electron chi connectivity index (χ3n) is 25.9. The van der Waals surface area contributed by atoms with E-state index in [-0.39, 0.29) is 13.7 Å². The molecule has 19 aromatic carbocycles. The van der Waals surface area contributed by atoms with Crippen LogP contribution in [0.5, 0.6) is 0 Å². The lowest BCUT2D eigenvalue weighted by Crippen LogP contribution is -2.74. The number of hydrogen-bond acceptors (Lipinski definition) is 3. The molecule has 0 aliphatic carbocycles. The summed E-state index contributed by atoms with van der Waals surface area (Å²) in [5.41, 5.74) is 42.7. The first-order valence-corrected chi connectivity index (χ1v) is 42.0. The molecule has 0 fully saturated rings. The van der Waals surface area contributed by atoms with Gasteiger partial charge in [-0.15, -0.1) is 0 Å². The zero-order valence-electron chi connectivity index (χ0n) is 66.0. The van der Waals surface area contributed by atoms with Gasteiger partial charge in [0.15, 0.2) is 0 Å². The van der Waals surface area contributed by atoms with Gasteiger partial charge >= 0.3 is 13.7 Å². The third kappa shape index (κ3) is 10.8. The normalized spacial score (nSPS) is 12.4. The summed E-state index contributed by atoms with van der Waals surface area (Å²) in [5, 5.41) is 4.92. The fourth-order valence-corrected chi connectivity index (χ4v) is 20.8. The lowest BCUT2D eigenvalue weighted by molar-refractivity contribution is 1.17. The minimum atomic E-state index is -0.278. The molecule has 560 valence electrons. The van der Waals surface area contributed by atoms with Crippen molar-refractivity contribution in [3.8, 4) is 123 Å². The second kappa shape index (κ2) is 27.5. The Kier molecular flexibility index (Phi) is 15.6. The number of rotatable bonds is 14. The summed E-state index contributed by atoms with van der Waals surface area (Å²) in [6, 6.07) is 167. The zero-order chi connectivity index (χ0) is 79.3. The average Bonchev–Trinajstić information content (AvgIpc) is 1.65. The molecular weight excluding hydrogens is 1460 g/mol. The molecule has 21 aromatic rings. The van der Waals surface area contributed by atoms with Gasteiger partial charge in [0.25, 0.3) is 0 Å². The Morgan fingerprint density at radius 1 is 0.190 bits per heavy atom. The molecule has 0 bridgehead atoms. The van der Waals surface area contributed by atoms with E-state index in [1.54, 1.807) is 0 Å². The van der Waals surface area contributed by atoms with Crippen LogP contribution in [-0.4, -0.2) is 22.8 Å². The number of benzene rings is 19. The summed E-state index contributed by atoms with van der Waals surface area (Å²) >= 11 is 0. The van der Waals surface area contributed by atoms with E-state index < -0.39 is 0 Å². The molecule has 4 aliphatic rings. The maximum Gasteiger partial charge on any atom is 0.316 e. The van der Waals surface area contributed by atoms with Crippen molar-refractivity contribution in [3.63, 3.8) is 0 Å². The highest BCUT2D eigenvalue weighted by Gasteiger charge is 2.53. The largest absolute Gasteiger partial charge is 0.444 e. The van der Waals surface area contributed by atoms with Crippen LogP contribution >= 0.6 is 0 Å². The van der Waals surface area contributed by atoms with Gasteiger partial charge < -0.3 is 23.7 Å². The van der Waals surface area contributed by atoms with Crippen molar-refractivity contribution in [2.45, 2.75) is 0 Å². The van der Waals surface area contributed by atoms with E-state index in [9.17, 15) is 0 Å². The van der Waals surface area contributed by atoms with Crippen LogP contribution in [-0.2, 0) is 0 Å². The molecule has 0 spiro atoms. The van der Waals surface area contributed by atoms with Gasteiger partial charge in [0.1, 0.15) is 0 Å². The summed E-state index contributed by atoms with van der Waals surface area (Å²) in [4.78, 5) is 5.20. The van der Waals surface area contributed by atoms with E-state index in [2.05, 4.69) is 467 Å². The Balaban J connectivity index is 0.809. The van der Waals surface area contributed by atoms with E-state index in [4.69, 9.17) is 0 Å². The Morgan fingerprint density at radius 3 is 0.843 bits per heavy atom. The quantitative estimate of drug-likeness (QED) is 0.101. The zero-order valence-corrected chi connectivity index (χ0v) is 66.0. The number of hydrogen-bond donors (Lipinski definition) is 0. The van der Waals surface area contributed by atoms with Crippen LogP contribution in [0.2, 0.25) is 0 Å². The Labute approximate surface area is 703 Å². The van der Waals surface area contributed by atoms with Crippen molar-refractivity contribution in [2.24, 2.45) is 0 Å². The SMILES string of the molecule is c1ccc(-c2cc(-c3ccccc3)cc(N(c3cc4c5c(c3)-n3c6ccccc6c6cccc(c63)B5N3B5c6c(cc(N(c7cc(-c8ccccc8)cc(-c8ccccc8)c7)c7ccc(-c8ccccc8)cc7-c7ccccc7)cc6-n6c7ccccc7c7cccc5c76)-c5cccc-4c53)c3ccc(-c4ccccc4)cc3-c3ccccc3)c2)cc1. The molecule has 0 saturated carbocycles. The monoisotopic (exact) mass is 1530 g/mol. The predicted octanol–water partition coefficient (Wildman–Crippen LogP) is 27.2. The first-order chi connectivity index (χ1) is 60.0. The maximum absolute atomic E-state index is 2.92. The van der Waals surface area contributed by atoms with Crippen LogP contribution in [0.15, 0.2) is 443 Å². The van der Waals surface area contributed by atoms with E-state index in [0.29, 0.717) is 0 Å². The van der Waals surface area contributed by atoms with Crippen LogP contribution < -0.4 is 36.4 Å². The predicted molar refractivity (Wildman–Crippen MR) is 511 cm³/mol. The smallest absolute Gasteiger partial charge is 0.316 e. The van der Waals surface area contributed by atoms with Crippen molar-refractivity contribution in [2.75, 3.05) is 14.5 Å². The Morgan fingerprint density at radius 2 is 0.488 bits per heavy atom. The fraction of sp³-hybridized carbons (Fsp3) is 0. The van der Waals surface area contributed by atoms with Crippen LogP contribution in [0.4, 0.5) is 39.8 Å². The Hall–Kier alpha value is -15.7. The van der Waals surface area contributed by atoms with Crippen molar-refractivity contribution < 1.29 is 0 Å². The molecule has 6 heterocycles. The lowest BCUT2D eigenvalue weighted by atomic mass is 9.32. The van der Waals surface area contributed by atoms with Crippen molar-refractivity contribution in [1.82, 2.24) is 9.13 Å². The number of aromatic nitrogens is 2. The molecule has 25 rings (SSSR count). The van der Waals surface area contributed by atoms with E-state index in [1.807, 2.05) is 0 Å². The highest BCUT2D eigenvalue weighted by atomic mass is 15.2. The summed E-state index contributed by atoms with van der Waals surface area (Å²) in [7, 11) is 0. The van der Waals surface area contributed by atoms with Crippen molar-refractivity contribution in [3.05, 3.63) is 443 Å². The number of nitrogens with zero attached hydrogens (tertiary/aromatic N) is 5. The van der Waals surface area contributed by atoms with Crippen LogP contribution in [0.3, 0.4) is 0 Å². The molecule has 0 N–H and O–H groups in total. The highest BCUT2D eigenvalue weighted by Crippen LogP contribution is 2.56. The summed E-state index contributed by atoms with van der Waals surface area (Å²) in [6.45, 7) is -0.556. The van der Waals surface area contributed by atoms with Crippen molar-refractivity contribution >= 4 is 119 Å². The lowest BCUT2D eigenvalue weighted by Gasteiger charge is -2.50. The molecular formula is C114H73B2N5. The minimum Gasteiger partial charge on any atom is -0.444 e. The molecule has 7 heteroatoms. The number of fused-ring (bicyclic) bond motifs is 14. The van der Waals surface area contributed by atoms with Gasteiger partial charge in [-0.1, -0.05) is 346 Å². The first-order valence-electron chi connectivity index (χ1n) is 42.0. The van der Waals surface area contributed by atoms with Gasteiger partial charge in [-0.2, -0.15) is 0 Å². The minimum absolute atomic E-state index is 0.278. The van der Waals surface area contributed by atoms with E-state index >= 15 is 0 Å². The summed E-state index contributed by atoms with van der Waals surface area (Å²) < 4.78 is 8.21. The molecule has 2 aromatic heterocycles. The average molecular weight is 1530 g/mol. The van der Waals surface area contributed by atoms with Gasteiger partial charge in [-0.3, -0.25) is 0 Å². The molecule has 0 atom stereocenters. The second-order valence-electron chi connectivity index (χ2n) is 32.6. The van der Waals surface area contributed by atoms with E-state index in [0.717, 1.165) is 135 Å². The van der Waals surface area contributed by atoms with Gasteiger partial charge in [-0.25, -0.2) is 0 Å². The molecule has 0 radical (unpaired) electrons. The van der Waals surface area contributed by atoms with Gasteiger partial charge in [-0.05, 0) is 208 Å². The topological polar surface area (TPSA) is 19.6 Å². The highest BCUT2D eigenvalue weighted by molar-refractivity contribution is 7.09. The second-order valence-corrected chi connectivity index (χ2v) is 32.6. The number of para-hydroxylation sites is 5. The number of anilines is 7. The first kappa shape index (κ1) is 68.5. The van der Waals surface area contributed by atoms with Crippen molar-refractivity contribution in [1.29, 1.82) is 0 Å². The Bertz CT molecular complexity index is 7190. The van der Waals surface area contributed by atoms with Crippen LogP contribution in [0.25, 0.3) is 166 Å². The fourth-order valence-electron chi connectivity index (χ4n) is 20.8. The molecule has 4 aliphatic heterocycles. The molecule has 121 heavy (non-hydrogen) atoms.